The first-order valence-corrected chi connectivity index (χ1v) is 5.50. The van der Waals surface area contributed by atoms with Crippen LogP contribution in [0.5, 0.6) is 0 Å². The smallest absolute Gasteiger partial charge is 0.246 e. The molecule has 0 spiro atoms. The minimum absolute atomic E-state index is 0.00203. The van der Waals surface area contributed by atoms with Crippen LogP contribution in [0.3, 0.4) is 0 Å². The van der Waals surface area contributed by atoms with Gasteiger partial charge in [-0.05, 0) is 30.9 Å². The van der Waals surface area contributed by atoms with E-state index in [1.54, 1.807) is 0 Å². The van der Waals surface area contributed by atoms with Gasteiger partial charge in [0.25, 0.3) is 0 Å². The first-order chi connectivity index (χ1) is 7.24. The number of rotatable bonds is 2. The highest BCUT2D eigenvalue weighted by Crippen LogP contribution is 2.26. The van der Waals surface area contributed by atoms with Gasteiger partial charge in [0.1, 0.15) is 0 Å². The first kappa shape index (κ1) is 10.1. The zero-order chi connectivity index (χ0) is 10.8. The van der Waals surface area contributed by atoms with Crippen molar-refractivity contribution in [2.45, 2.75) is 39.5 Å². The lowest BCUT2D eigenvalue weighted by molar-refractivity contribution is -0.120. The van der Waals surface area contributed by atoms with E-state index >= 15 is 0 Å². The van der Waals surface area contributed by atoms with Crippen molar-refractivity contribution >= 4 is 11.6 Å². The molecule has 0 saturated heterocycles. The van der Waals surface area contributed by atoms with E-state index in [1.807, 2.05) is 6.07 Å². The maximum Gasteiger partial charge on any atom is 0.246 e. The van der Waals surface area contributed by atoms with E-state index in [-0.39, 0.29) is 5.91 Å². The van der Waals surface area contributed by atoms with Gasteiger partial charge >= 0.3 is 0 Å². The summed E-state index contributed by atoms with van der Waals surface area (Å²) in [4.78, 5) is 15.8. The molecule has 0 aromatic carbocycles. The third-order valence-corrected chi connectivity index (χ3v) is 2.77. The van der Waals surface area contributed by atoms with E-state index in [9.17, 15) is 4.79 Å². The molecular weight excluding hydrogens is 188 g/mol. The summed E-state index contributed by atoms with van der Waals surface area (Å²) in [6, 6.07) is 1.95. The number of hydrogen-bond donors (Lipinski definition) is 0. The quantitative estimate of drug-likeness (QED) is 0.737. The van der Waals surface area contributed by atoms with E-state index in [2.05, 4.69) is 24.1 Å². The summed E-state index contributed by atoms with van der Waals surface area (Å²) >= 11 is 0. The van der Waals surface area contributed by atoms with Gasteiger partial charge in [-0.3, -0.25) is 9.78 Å². The Hall–Kier alpha value is -1.38. The number of hydrogen-bond acceptors (Lipinski definition) is 2. The molecule has 3 heteroatoms. The van der Waals surface area contributed by atoms with Crippen molar-refractivity contribution in [3.63, 3.8) is 0 Å². The van der Waals surface area contributed by atoms with Gasteiger partial charge in [0, 0.05) is 17.8 Å². The second-order valence-electron chi connectivity index (χ2n) is 3.77. The molecule has 0 saturated carbocycles. The molecule has 79 valence electrons. The number of aryl methyl sites for hydroxylation is 2. The third-order valence-electron chi connectivity index (χ3n) is 2.77. The minimum Gasteiger partial charge on any atom is -0.273 e. The molecule has 1 aliphatic rings. The Balaban J connectivity index is 2.49. The summed E-state index contributed by atoms with van der Waals surface area (Å²) < 4.78 is 0. The van der Waals surface area contributed by atoms with Crippen molar-refractivity contribution in [3.05, 3.63) is 23.0 Å². The van der Waals surface area contributed by atoms with Crippen LogP contribution in [-0.2, 0) is 24.1 Å². The number of nitrogens with zero attached hydrogens (tertiary/aromatic N) is 2. The van der Waals surface area contributed by atoms with Gasteiger partial charge in [-0.1, -0.05) is 13.8 Å². The van der Waals surface area contributed by atoms with Crippen LogP contribution in [0, 0.1) is 0 Å². The van der Waals surface area contributed by atoms with Crippen LogP contribution in [0.2, 0.25) is 0 Å². The highest BCUT2D eigenvalue weighted by atomic mass is 16.1. The molecule has 3 nitrogen and oxygen atoms in total. The molecule has 1 radical (unpaired) electrons. The lowest BCUT2D eigenvalue weighted by Gasteiger charge is -2.18. The predicted octanol–water partition coefficient (Wildman–Crippen LogP) is 1.92. The number of fused-ring (bicyclic) bond motifs is 1. The Kier molecular flexibility index (Phi) is 2.71. The van der Waals surface area contributed by atoms with Gasteiger partial charge < -0.3 is 0 Å². The third kappa shape index (κ3) is 1.87. The molecule has 1 amide bonds. The van der Waals surface area contributed by atoms with Crippen molar-refractivity contribution in [1.82, 2.24) is 10.3 Å². The van der Waals surface area contributed by atoms with E-state index in [0.717, 1.165) is 36.3 Å². The molecule has 0 bridgehead atoms. The Morgan fingerprint density at radius 1 is 1.27 bits per heavy atom. The van der Waals surface area contributed by atoms with E-state index in [4.69, 9.17) is 0 Å². The highest BCUT2D eigenvalue weighted by Gasteiger charge is 2.20. The fraction of sp³-hybridized carbons (Fsp3) is 0.500. The van der Waals surface area contributed by atoms with Crippen molar-refractivity contribution in [3.8, 4) is 0 Å². The average Bonchev–Trinajstić information content (AvgIpc) is 2.26. The van der Waals surface area contributed by atoms with Gasteiger partial charge in [-0.25, -0.2) is 5.32 Å². The van der Waals surface area contributed by atoms with Gasteiger partial charge in [-0.15, -0.1) is 0 Å². The van der Waals surface area contributed by atoms with Crippen LogP contribution in [0.4, 0.5) is 5.69 Å². The summed E-state index contributed by atoms with van der Waals surface area (Å²) in [5.74, 6) is -0.00203. The molecule has 2 heterocycles. The second-order valence-corrected chi connectivity index (χ2v) is 3.77. The molecule has 1 aromatic heterocycles. The normalized spacial score (nSPS) is 14.7. The Morgan fingerprint density at radius 2 is 2.07 bits per heavy atom. The van der Waals surface area contributed by atoms with Crippen LogP contribution in [0.1, 0.15) is 37.2 Å². The summed E-state index contributed by atoms with van der Waals surface area (Å²) in [5, 5.41) is 4.08. The zero-order valence-corrected chi connectivity index (χ0v) is 9.21. The Morgan fingerprint density at radius 3 is 2.73 bits per heavy atom. The van der Waals surface area contributed by atoms with Gasteiger partial charge in [0.2, 0.25) is 5.91 Å². The SMILES string of the molecule is CCc1cc2c(c(CC)n1)CCC(=O)[N]2. The molecule has 1 aliphatic heterocycles. The fourth-order valence-corrected chi connectivity index (χ4v) is 1.93. The van der Waals surface area contributed by atoms with Crippen molar-refractivity contribution in [2.75, 3.05) is 0 Å². The molecule has 2 rings (SSSR count). The van der Waals surface area contributed by atoms with Crippen LogP contribution in [-0.4, -0.2) is 10.9 Å². The lowest BCUT2D eigenvalue weighted by atomic mass is 9.99. The van der Waals surface area contributed by atoms with Crippen LogP contribution in [0.15, 0.2) is 6.07 Å². The van der Waals surface area contributed by atoms with Gasteiger partial charge in [0.15, 0.2) is 0 Å². The zero-order valence-electron chi connectivity index (χ0n) is 9.21. The second kappa shape index (κ2) is 4.01. The molecule has 15 heavy (non-hydrogen) atoms. The lowest BCUT2D eigenvalue weighted by Crippen LogP contribution is -2.20. The number of amides is 1. The number of carbonyl (C=O) groups is 1. The maximum absolute atomic E-state index is 11.2. The van der Waals surface area contributed by atoms with Crippen molar-refractivity contribution < 1.29 is 4.79 Å². The summed E-state index contributed by atoms with van der Waals surface area (Å²) in [5.41, 5.74) is 4.17. The van der Waals surface area contributed by atoms with E-state index in [0.29, 0.717) is 6.42 Å². The summed E-state index contributed by atoms with van der Waals surface area (Å²) in [6.07, 6.45) is 3.15. The highest BCUT2D eigenvalue weighted by molar-refractivity contribution is 5.84. The van der Waals surface area contributed by atoms with Gasteiger partial charge in [-0.2, -0.15) is 0 Å². The summed E-state index contributed by atoms with van der Waals surface area (Å²) in [6.45, 7) is 4.16. The Labute approximate surface area is 89.9 Å². The number of pyridine rings is 1. The standard InChI is InChI=1S/C12H15N2O/c1-3-8-7-11-9(10(4-2)13-8)5-6-12(15)14-11/h7H,3-6H2,1-2H3. The van der Waals surface area contributed by atoms with Crippen molar-refractivity contribution in [1.29, 1.82) is 0 Å². The number of aromatic nitrogens is 1. The minimum atomic E-state index is -0.00203. The fourth-order valence-electron chi connectivity index (χ4n) is 1.93. The molecule has 0 fully saturated rings. The topological polar surface area (TPSA) is 44.1 Å². The van der Waals surface area contributed by atoms with Crippen LogP contribution < -0.4 is 5.32 Å². The monoisotopic (exact) mass is 203 g/mol. The van der Waals surface area contributed by atoms with Crippen LogP contribution in [0.25, 0.3) is 0 Å². The summed E-state index contributed by atoms with van der Waals surface area (Å²) in [7, 11) is 0. The predicted molar refractivity (Wildman–Crippen MR) is 58.1 cm³/mol. The Bertz CT molecular complexity index is 399. The molecule has 0 aliphatic carbocycles. The van der Waals surface area contributed by atoms with Crippen LogP contribution >= 0.6 is 0 Å². The van der Waals surface area contributed by atoms with E-state index in [1.165, 1.54) is 5.56 Å². The molecule has 1 aromatic rings. The molecular formula is C12H15N2O. The largest absolute Gasteiger partial charge is 0.273 e. The molecule has 0 unspecified atom stereocenters. The number of carbonyl (C=O) groups excluding carboxylic acids is 1. The molecule has 0 atom stereocenters. The first-order valence-electron chi connectivity index (χ1n) is 5.50. The average molecular weight is 203 g/mol. The van der Waals surface area contributed by atoms with Gasteiger partial charge in [0.05, 0.1) is 5.69 Å². The maximum atomic E-state index is 11.2. The molecule has 0 N–H and O–H groups in total. The van der Waals surface area contributed by atoms with E-state index < -0.39 is 0 Å². The van der Waals surface area contributed by atoms with Crippen molar-refractivity contribution in [2.24, 2.45) is 0 Å².